The third kappa shape index (κ3) is 2.49. The van der Waals surface area contributed by atoms with E-state index in [9.17, 15) is 9.50 Å². The van der Waals surface area contributed by atoms with Gasteiger partial charge in [0.1, 0.15) is 0 Å². The van der Waals surface area contributed by atoms with Gasteiger partial charge in [-0.2, -0.15) is 0 Å². The summed E-state index contributed by atoms with van der Waals surface area (Å²) in [7, 11) is 1.90. The molecule has 2 rings (SSSR count). The zero-order chi connectivity index (χ0) is 14.0. The van der Waals surface area contributed by atoms with E-state index in [-0.39, 0.29) is 18.2 Å². The molecule has 1 aromatic heterocycles. The molecule has 0 amide bonds. The number of aliphatic hydroxyl groups excluding tert-OH is 1. The van der Waals surface area contributed by atoms with E-state index in [0.29, 0.717) is 6.61 Å². The van der Waals surface area contributed by atoms with Crippen LogP contribution >= 0.6 is 0 Å². The summed E-state index contributed by atoms with van der Waals surface area (Å²) >= 11 is 0. The first-order chi connectivity index (χ1) is 9.08. The van der Waals surface area contributed by atoms with Crippen molar-refractivity contribution < 1.29 is 14.2 Å². The Labute approximate surface area is 112 Å². The molecule has 0 saturated heterocycles. The highest BCUT2D eigenvalue weighted by Gasteiger charge is 2.12. The molecule has 0 spiro atoms. The van der Waals surface area contributed by atoms with Gasteiger partial charge >= 0.3 is 0 Å². The van der Waals surface area contributed by atoms with Crippen LogP contribution in [0.3, 0.4) is 0 Å². The molecular formula is C15H18FNO2. The zero-order valence-corrected chi connectivity index (χ0v) is 11.4. The number of aromatic nitrogens is 1. The van der Waals surface area contributed by atoms with Crippen LogP contribution in [-0.4, -0.2) is 16.3 Å². The van der Waals surface area contributed by atoms with Crippen molar-refractivity contribution in [1.29, 1.82) is 0 Å². The molecule has 3 nitrogen and oxygen atoms in total. The number of halogens is 1. The molecule has 102 valence electrons. The minimum atomic E-state index is -0.372. The van der Waals surface area contributed by atoms with Crippen LogP contribution in [0, 0.1) is 12.7 Å². The van der Waals surface area contributed by atoms with Crippen molar-refractivity contribution in [1.82, 2.24) is 4.57 Å². The van der Waals surface area contributed by atoms with E-state index in [0.717, 1.165) is 22.5 Å². The monoisotopic (exact) mass is 263 g/mol. The number of ether oxygens (including phenoxy) is 1. The van der Waals surface area contributed by atoms with Crippen molar-refractivity contribution in [2.45, 2.75) is 20.5 Å². The Bertz CT molecular complexity index is 590. The largest absolute Gasteiger partial charge is 0.491 e. The topological polar surface area (TPSA) is 34.4 Å². The number of rotatable bonds is 4. The van der Waals surface area contributed by atoms with E-state index < -0.39 is 0 Å². The van der Waals surface area contributed by atoms with Crippen LogP contribution in [-0.2, 0) is 13.7 Å². The van der Waals surface area contributed by atoms with Crippen molar-refractivity contribution in [3.63, 3.8) is 0 Å². The number of hydrogen-bond acceptors (Lipinski definition) is 2. The Morgan fingerprint density at radius 2 is 2.05 bits per heavy atom. The summed E-state index contributed by atoms with van der Waals surface area (Å²) in [4.78, 5) is 0. The van der Waals surface area contributed by atoms with Gasteiger partial charge in [-0.1, -0.05) is 0 Å². The second-order valence-corrected chi connectivity index (χ2v) is 4.44. The van der Waals surface area contributed by atoms with Crippen LogP contribution in [0.5, 0.6) is 5.75 Å². The second-order valence-electron chi connectivity index (χ2n) is 4.44. The molecule has 0 atom stereocenters. The standard InChI is InChI=1S/C15H18FNO2/c1-4-19-15-6-5-11(7-13(15)16)14-8-12(9-18)10(2)17(14)3/h5-8,18H,4,9H2,1-3H3. The molecule has 0 fully saturated rings. The predicted molar refractivity (Wildman–Crippen MR) is 72.6 cm³/mol. The Balaban J connectivity index is 2.45. The fourth-order valence-corrected chi connectivity index (χ4v) is 2.13. The Hall–Kier alpha value is -1.81. The first-order valence-electron chi connectivity index (χ1n) is 6.27. The molecule has 19 heavy (non-hydrogen) atoms. The van der Waals surface area contributed by atoms with Gasteiger partial charge < -0.3 is 14.4 Å². The summed E-state index contributed by atoms with van der Waals surface area (Å²) in [5.41, 5.74) is 3.48. The van der Waals surface area contributed by atoms with Gasteiger partial charge in [0.2, 0.25) is 0 Å². The van der Waals surface area contributed by atoms with Crippen LogP contribution in [0.25, 0.3) is 11.3 Å². The first kappa shape index (κ1) is 13.6. The first-order valence-corrected chi connectivity index (χ1v) is 6.27. The fraction of sp³-hybridized carbons (Fsp3) is 0.333. The van der Waals surface area contributed by atoms with Crippen LogP contribution in [0.4, 0.5) is 4.39 Å². The lowest BCUT2D eigenvalue weighted by atomic mass is 10.1. The molecule has 2 aromatic rings. The molecular weight excluding hydrogens is 245 g/mol. The third-order valence-electron chi connectivity index (χ3n) is 3.34. The van der Waals surface area contributed by atoms with Crippen molar-refractivity contribution in [3.05, 3.63) is 41.3 Å². The Morgan fingerprint density at radius 3 is 2.58 bits per heavy atom. The number of aliphatic hydroxyl groups is 1. The normalized spacial score (nSPS) is 10.8. The van der Waals surface area contributed by atoms with Gasteiger partial charge in [-0.05, 0) is 43.7 Å². The number of hydrogen-bond donors (Lipinski definition) is 1. The summed E-state index contributed by atoms with van der Waals surface area (Å²) in [6, 6.07) is 6.80. The summed E-state index contributed by atoms with van der Waals surface area (Å²) < 4.78 is 21.0. The van der Waals surface area contributed by atoms with Crippen molar-refractivity contribution in [2.75, 3.05) is 6.61 Å². The highest BCUT2D eigenvalue weighted by Crippen LogP contribution is 2.28. The van der Waals surface area contributed by atoms with Crippen LogP contribution in [0.2, 0.25) is 0 Å². The Morgan fingerprint density at radius 1 is 1.32 bits per heavy atom. The fourth-order valence-electron chi connectivity index (χ4n) is 2.13. The predicted octanol–water partition coefficient (Wildman–Crippen LogP) is 3.03. The molecule has 0 radical (unpaired) electrons. The van der Waals surface area contributed by atoms with E-state index in [1.54, 1.807) is 6.07 Å². The number of nitrogens with zero attached hydrogens (tertiary/aromatic N) is 1. The lowest BCUT2D eigenvalue weighted by Gasteiger charge is -2.08. The smallest absolute Gasteiger partial charge is 0.165 e. The van der Waals surface area contributed by atoms with Crippen molar-refractivity contribution >= 4 is 0 Å². The van der Waals surface area contributed by atoms with Crippen LogP contribution in [0.1, 0.15) is 18.2 Å². The highest BCUT2D eigenvalue weighted by molar-refractivity contribution is 5.63. The van der Waals surface area contributed by atoms with Gasteiger partial charge in [0.05, 0.1) is 13.2 Å². The molecule has 0 aliphatic heterocycles. The maximum absolute atomic E-state index is 13.9. The molecule has 0 aliphatic carbocycles. The number of benzene rings is 1. The summed E-state index contributed by atoms with van der Waals surface area (Å²) in [5, 5.41) is 9.26. The average molecular weight is 263 g/mol. The molecule has 1 heterocycles. The zero-order valence-electron chi connectivity index (χ0n) is 11.4. The quantitative estimate of drug-likeness (QED) is 0.920. The molecule has 1 aromatic carbocycles. The summed E-state index contributed by atoms with van der Waals surface area (Å²) in [6.07, 6.45) is 0. The van der Waals surface area contributed by atoms with E-state index in [1.807, 2.05) is 37.6 Å². The minimum absolute atomic E-state index is 0.0147. The summed E-state index contributed by atoms with van der Waals surface area (Å²) in [6.45, 7) is 4.18. The minimum Gasteiger partial charge on any atom is -0.491 e. The van der Waals surface area contributed by atoms with Crippen LogP contribution in [0.15, 0.2) is 24.3 Å². The molecule has 0 unspecified atom stereocenters. The van der Waals surface area contributed by atoms with Gasteiger partial charge in [0.15, 0.2) is 11.6 Å². The maximum atomic E-state index is 13.9. The third-order valence-corrected chi connectivity index (χ3v) is 3.34. The van der Waals surface area contributed by atoms with Crippen molar-refractivity contribution in [3.8, 4) is 17.0 Å². The van der Waals surface area contributed by atoms with Gasteiger partial charge in [-0.3, -0.25) is 0 Å². The lowest BCUT2D eigenvalue weighted by Crippen LogP contribution is -1.97. The van der Waals surface area contributed by atoms with Gasteiger partial charge in [0.25, 0.3) is 0 Å². The van der Waals surface area contributed by atoms with Crippen LogP contribution < -0.4 is 4.74 Å². The molecule has 0 bridgehead atoms. The van der Waals surface area contributed by atoms with E-state index >= 15 is 0 Å². The van der Waals surface area contributed by atoms with Crippen molar-refractivity contribution in [2.24, 2.45) is 7.05 Å². The lowest BCUT2D eigenvalue weighted by molar-refractivity contribution is 0.281. The molecule has 1 N–H and O–H groups in total. The van der Waals surface area contributed by atoms with Gasteiger partial charge in [0, 0.05) is 24.0 Å². The molecule has 4 heteroatoms. The van der Waals surface area contributed by atoms with E-state index in [1.165, 1.54) is 6.07 Å². The Kier molecular flexibility index (Phi) is 3.90. The highest BCUT2D eigenvalue weighted by atomic mass is 19.1. The van der Waals surface area contributed by atoms with E-state index in [4.69, 9.17) is 4.74 Å². The average Bonchev–Trinajstić information content (AvgIpc) is 2.69. The SMILES string of the molecule is CCOc1ccc(-c2cc(CO)c(C)n2C)cc1F. The van der Waals surface area contributed by atoms with E-state index in [2.05, 4.69) is 0 Å². The van der Waals surface area contributed by atoms with Gasteiger partial charge in [-0.25, -0.2) is 4.39 Å². The summed E-state index contributed by atoms with van der Waals surface area (Å²) in [5.74, 6) is -0.108. The van der Waals surface area contributed by atoms with Gasteiger partial charge in [-0.15, -0.1) is 0 Å². The second kappa shape index (κ2) is 5.45. The molecule has 0 aliphatic rings. The molecule has 0 saturated carbocycles. The maximum Gasteiger partial charge on any atom is 0.165 e.